The molecular formula is C31H40O2Si. The van der Waals surface area contributed by atoms with Crippen molar-refractivity contribution in [1.82, 2.24) is 0 Å². The quantitative estimate of drug-likeness (QED) is 0.264. The van der Waals surface area contributed by atoms with E-state index in [0.717, 1.165) is 25.6 Å². The molecule has 0 unspecified atom stereocenters. The highest BCUT2D eigenvalue weighted by Gasteiger charge is 2.38. The molecule has 3 aromatic carbocycles. The monoisotopic (exact) mass is 472 g/mol. The Morgan fingerprint density at radius 2 is 1.24 bits per heavy atom. The van der Waals surface area contributed by atoms with Gasteiger partial charge in [-0.1, -0.05) is 118 Å². The Labute approximate surface area is 207 Å². The first-order valence-electron chi connectivity index (χ1n) is 13.0. The predicted octanol–water partition coefficient (Wildman–Crippen LogP) is 7.93. The van der Waals surface area contributed by atoms with E-state index < -0.39 is 8.07 Å². The molecule has 180 valence electrons. The average Bonchev–Trinajstić information content (AvgIpc) is 2.85. The zero-order chi connectivity index (χ0) is 24.0. The summed E-state index contributed by atoms with van der Waals surface area (Å²) in [6, 6.07) is 28.1. The Kier molecular flexibility index (Phi) is 7.95. The number of rotatable bonds is 11. The molecule has 0 saturated carbocycles. The Morgan fingerprint density at radius 1 is 0.735 bits per heavy atom. The molecule has 0 N–H and O–H groups in total. The lowest BCUT2D eigenvalue weighted by Crippen LogP contribution is -2.47. The smallest absolute Gasteiger partial charge is 0.119 e. The molecular weight excluding hydrogens is 432 g/mol. The highest BCUT2D eigenvalue weighted by atomic mass is 28.3. The van der Waals surface area contributed by atoms with E-state index in [1.165, 1.54) is 54.0 Å². The normalized spacial score (nSPS) is 15.1. The molecule has 1 saturated heterocycles. The van der Waals surface area contributed by atoms with Crippen molar-refractivity contribution in [3.8, 4) is 28.0 Å². The summed E-state index contributed by atoms with van der Waals surface area (Å²) in [7, 11) is -1.32. The minimum atomic E-state index is -1.32. The van der Waals surface area contributed by atoms with Gasteiger partial charge in [-0.05, 0) is 40.8 Å². The fourth-order valence-corrected chi connectivity index (χ4v) is 7.53. The molecule has 2 nitrogen and oxygen atoms in total. The van der Waals surface area contributed by atoms with Gasteiger partial charge in [-0.2, -0.15) is 0 Å². The summed E-state index contributed by atoms with van der Waals surface area (Å²) < 4.78 is 11.6. The van der Waals surface area contributed by atoms with Crippen molar-refractivity contribution in [2.75, 3.05) is 19.8 Å². The van der Waals surface area contributed by atoms with Gasteiger partial charge >= 0.3 is 0 Å². The van der Waals surface area contributed by atoms with Crippen LogP contribution in [0.2, 0.25) is 19.1 Å². The van der Waals surface area contributed by atoms with Crippen molar-refractivity contribution in [2.24, 2.45) is 5.41 Å². The minimum absolute atomic E-state index is 0.217. The van der Waals surface area contributed by atoms with Crippen molar-refractivity contribution in [2.45, 2.75) is 58.7 Å². The van der Waals surface area contributed by atoms with Crippen LogP contribution in [-0.2, 0) is 4.74 Å². The highest BCUT2D eigenvalue weighted by molar-refractivity contribution is 6.89. The van der Waals surface area contributed by atoms with E-state index in [2.05, 4.69) is 99.7 Å². The average molecular weight is 473 g/mol. The van der Waals surface area contributed by atoms with Gasteiger partial charge in [0.1, 0.15) is 5.75 Å². The zero-order valence-electron chi connectivity index (χ0n) is 21.4. The zero-order valence-corrected chi connectivity index (χ0v) is 22.4. The molecule has 0 radical (unpaired) electrons. The van der Waals surface area contributed by atoms with Gasteiger partial charge < -0.3 is 9.47 Å². The molecule has 3 aromatic rings. The minimum Gasteiger partial charge on any atom is -0.493 e. The largest absolute Gasteiger partial charge is 0.493 e. The van der Waals surface area contributed by atoms with E-state index in [-0.39, 0.29) is 5.41 Å². The molecule has 0 atom stereocenters. The summed E-state index contributed by atoms with van der Waals surface area (Å²) in [6.07, 6.45) is 4.96. The topological polar surface area (TPSA) is 18.5 Å². The molecule has 0 aliphatic carbocycles. The summed E-state index contributed by atoms with van der Waals surface area (Å²) in [4.78, 5) is 0. The molecule has 3 heteroatoms. The lowest BCUT2D eigenvalue weighted by Gasteiger charge is -2.41. The van der Waals surface area contributed by atoms with E-state index in [9.17, 15) is 0 Å². The predicted molar refractivity (Wildman–Crippen MR) is 148 cm³/mol. The van der Waals surface area contributed by atoms with Gasteiger partial charge in [0.25, 0.3) is 0 Å². The molecule has 1 heterocycles. The maximum Gasteiger partial charge on any atom is 0.119 e. The van der Waals surface area contributed by atoms with Crippen molar-refractivity contribution in [3.05, 3.63) is 72.8 Å². The van der Waals surface area contributed by atoms with Crippen LogP contribution in [0.5, 0.6) is 5.75 Å². The highest BCUT2D eigenvalue weighted by Crippen LogP contribution is 2.34. The van der Waals surface area contributed by atoms with Gasteiger partial charge in [0.15, 0.2) is 0 Å². The number of ether oxygens (including phenoxy) is 2. The van der Waals surface area contributed by atoms with E-state index in [0.29, 0.717) is 0 Å². The van der Waals surface area contributed by atoms with Crippen LogP contribution in [-0.4, -0.2) is 27.9 Å². The van der Waals surface area contributed by atoms with Crippen LogP contribution in [0, 0.1) is 5.41 Å². The van der Waals surface area contributed by atoms with Crippen molar-refractivity contribution < 1.29 is 9.47 Å². The summed E-state index contributed by atoms with van der Waals surface area (Å²) in [5.41, 5.74) is 5.23. The first-order chi connectivity index (χ1) is 16.4. The Balaban J connectivity index is 1.38. The maximum atomic E-state index is 6.11. The summed E-state index contributed by atoms with van der Waals surface area (Å²) in [6.45, 7) is 11.9. The van der Waals surface area contributed by atoms with Crippen molar-refractivity contribution in [1.29, 1.82) is 0 Å². The Hall–Kier alpha value is -2.36. The number of benzene rings is 3. The molecule has 1 fully saturated rings. The summed E-state index contributed by atoms with van der Waals surface area (Å²) in [5, 5.41) is 1.56. The van der Waals surface area contributed by atoms with Gasteiger partial charge in [-0.25, -0.2) is 0 Å². The van der Waals surface area contributed by atoms with Crippen LogP contribution < -0.4 is 9.92 Å². The summed E-state index contributed by atoms with van der Waals surface area (Å²) in [5.74, 6) is 0.938. The molecule has 0 amide bonds. The molecule has 0 spiro atoms. The van der Waals surface area contributed by atoms with E-state index in [1.807, 2.05) is 0 Å². The van der Waals surface area contributed by atoms with Gasteiger partial charge in [0, 0.05) is 0 Å². The fourth-order valence-electron chi connectivity index (χ4n) is 4.93. The third-order valence-corrected chi connectivity index (χ3v) is 10.9. The molecule has 1 aliphatic heterocycles. The van der Waals surface area contributed by atoms with Crippen molar-refractivity contribution >= 4 is 13.3 Å². The lowest BCUT2D eigenvalue weighted by atomic mass is 9.82. The van der Waals surface area contributed by atoms with E-state index >= 15 is 0 Å². The SMILES string of the molecule is CCCC[Si](C)(C)c1ccc(-c2ccc(-c3ccc(OCC4(CCC)COC4)cc3)cc2)cc1. The molecule has 0 aromatic heterocycles. The molecule has 0 bridgehead atoms. The van der Waals surface area contributed by atoms with Gasteiger partial charge in [-0.15, -0.1) is 0 Å². The number of hydrogen-bond acceptors (Lipinski definition) is 2. The second kappa shape index (κ2) is 10.9. The first-order valence-corrected chi connectivity index (χ1v) is 16.2. The standard InChI is InChI=1S/C31H40O2Si/c1-5-7-21-34(3,4)30-18-14-28(15-19-30)26-10-8-25(9-11-26)27-12-16-29(17-13-27)33-24-31(20-6-2)22-32-23-31/h8-19H,5-7,20-24H2,1-4H3. The summed E-state index contributed by atoms with van der Waals surface area (Å²) >= 11 is 0. The third kappa shape index (κ3) is 5.82. The van der Waals surface area contributed by atoms with Crippen molar-refractivity contribution in [3.63, 3.8) is 0 Å². The van der Waals surface area contributed by atoms with Crippen LogP contribution in [0.15, 0.2) is 72.8 Å². The first kappa shape index (κ1) is 24.8. The lowest BCUT2D eigenvalue weighted by molar-refractivity contribution is -0.136. The van der Waals surface area contributed by atoms with E-state index in [4.69, 9.17) is 9.47 Å². The van der Waals surface area contributed by atoms with Crippen LogP contribution in [0.3, 0.4) is 0 Å². The van der Waals surface area contributed by atoms with Crippen LogP contribution in [0.4, 0.5) is 0 Å². The van der Waals surface area contributed by atoms with Crippen LogP contribution in [0.25, 0.3) is 22.3 Å². The number of hydrogen-bond donors (Lipinski definition) is 0. The fraction of sp³-hybridized carbons (Fsp3) is 0.419. The Morgan fingerprint density at radius 3 is 1.68 bits per heavy atom. The molecule has 4 rings (SSSR count). The second-order valence-corrected chi connectivity index (χ2v) is 15.5. The van der Waals surface area contributed by atoms with Gasteiger partial charge in [-0.3, -0.25) is 0 Å². The third-order valence-electron chi connectivity index (χ3n) is 7.37. The van der Waals surface area contributed by atoms with E-state index in [1.54, 1.807) is 5.19 Å². The maximum absolute atomic E-state index is 6.11. The molecule has 1 aliphatic rings. The van der Waals surface area contributed by atoms with Gasteiger partial charge in [0.2, 0.25) is 0 Å². The molecule has 34 heavy (non-hydrogen) atoms. The van der Waals surface area contributed by atoms with Crippen LogP contribution in [0.1, 0.15) is 39.5 Å². The Bertz CT molecular complexity index is 1030. The number of unbranched alkanes of at least 4 members (excludes halogenated alkanes) is 1. The van der Waals surface area contributed by atoms with Gasteiger partial charge in [0.05, 0.1) is 33.3 Å². The second-order valence-electron chi connectivity index (χ2n) is 10.7. The van der Waals surface area contributed by atoms with Crippen LogP contribution >= 0.6 is 0 Å².